The fourth-order valence-corrected chi connectivity index (χ4v) is 5.25. The second-order valence-electron chi connectivity index (χ2n) is 12.3. The van der Waals surface area contributed by atoms with Gasteiger partial charge in [0.25, 0.3) is 0 Å². The third-order valence-corrected chi connectivity index (χ3v) is 8.06. The fourth-order valence-electron chi connectivity index (χ4n) is 5.25. The number of hydrogen-bond acceptors (Lipinski definition) is 5. The van der Waals surface area contributed by atoms with Gasteiger partial charge in [-0.3, -0.25) is 9.59 Å². The van der Waals surface area contributed by atoms with Gasteiger partial charge in [0.2, 0.25) is 0 Å². The van der Waals surface area contributed by atoms with Gasteiger partial charge in [-0.2, -0.15) is 0 Å². The lowest BCUT2D eigenvalue weighted by molar-refractivity contribution is -0.161. The molecule has 0 rings (SSSR count). The average molecular weight is 595 g/mol. The molecular weight excluding hydrogens is 524 g/mol. The van der Waals surface area contributed by atoms with Crippen LogP contribution in [0.4, 0.5) is 0 Å². The highest BCUT2D eigenvalue weighted by molar-refractivity contribution is 5.70. The molecule has 0 spiro atoms. The van der Waals surface area contributed by atoms with Crippen LogP contribution in [0.2, 0.25) is 0 Å². The molecule has 0 heterocycles. The van der Waals surface area contributed by atoms with Gasteiger partial charge >= 0.3 is 11.9 Å². The van der Waals surface area contributed by atoms with Crippen LogP contribution in [0.1, 0.15) is 194 Å². The third kappa shape index (κ3) is 31.6. The van der Waals surface area contributed by atoms with Crippen molar-refractivity contribution in [2.24, 2.45) is 0 Å². The number of esters is 2. The zero-order valence-corrected chi connectivity index (χ0v) is 28.0. The topological polar surface area (TPSA) is 72.8 Å². The maximum atomic E-state index is 12.1. The summed E-state index contributed by atoms with van der Waals surface area (Å²) in [7, 11) is 0. The number of hydrogen-bond donors (Lipinski definition) is 1. The third-order valence-electron chi connectivity index (χ3n) is 8.06. The molecule has 0 aromatic heterocycles. The Hall–Kier alpha value is -1.36. The van der Waals surface area contributed by atoms with E-state index in [1.165, 1.54) is 122 Å². The molecule has 0 aromatic carbocycles. The van der Waals surface area contributed by atoms with Crippen LogP contribution in [0.3, 0.4) is 0 Å². The van der Waals surface area contributed by atoms with Crippen LogP contribution in [0.15, 0.2) is 12.2 Å². The number of unbranched alkanes of at least 4 members (excludes halogenated alkanes) is 23. The minimum atomic E-state index is -0.766. The minimum absolute atomic E-state index is 0.0647. The van der Waals surface area contributed by atoms with E-state index >= 15 is 0 Å². The fraction of sp³-hybridized carbons (Fsp3) is 0.892. The first kappa shape index (κ1) is 40.6. The SMILES string of the molecule is CCCCCCCCC=CCCCCCCCC(=O)OC[C@H](CO)OC(=O)CCCCCCCCCCCCCCC. The van der Waals surface area contributed by atoms with E-state index in [2.05, 4.69) is 26.0 Å². The summed E-state index contributed by atoms with van der Waals surface area (Å²) in [6.45, 7) is 4.13. The Kier molecular flexibility index (Phi) is 33.0. The second kappa shape index (κ2) is 34.1. The molecule has 0 fully saturated rings. The lowest BCUT2D eigenvalue weighted by atomic mass is 10.0. The lowest BCUT2D eigenvalue weighted by Crippen LogP contribution is -2.28. The smallest absolute Gasteiger partial charge is 0.306 e. The molecule has 0 radical (unpaired) electrons. The number of allylic oxidation sites excluding steroid dienone is 2. The van der Waals surface area contributed by atoms with E-state index in [4.69, 9.17) is 9.47 Å². The van der Waals surface area contributed by atoms with Gasteiger partial charge in [-0.05, 0) is 38.5 Å². The highest BCUT2D eigenvalue weighted by Crippen LogP contribution is 2.14. The monoisotopic (exact) mass is 595 g/mol. The van der Waals surface area contributed by atoms with Crippen LogP contribution in [0, 0.1) is 0 Å². The van der Waals surface area contributed by atoms with E-state index < -0.39 is 6.10 Å². The van der Waals surface area contributed by atoms with Crippen molar-refractivity contribution in [2.75, 3.05) is 13.2 Å². The zero-order chi connectivity index (χ0) is 30.8. The zero-order valence-electron chi connectivity index (χ0n) is 28.0. The highest BCUT2D eigenvalue weighted by Gasteiger charge is 2.16. The van der Waals surface area contributed by atoms with Crippen LogP contribution < -0.4 is 0 Å². The first-order valence-corrected chi connectivity index (χ1v) is 18.2. The van der Waals surface area contributed by atoms with Crippen molar-refractivity contribution in [3.8, 4) is 0 Å². The predicted octanol–water partition coefficient (Wildman–Crippen LogP) is 11.0. The number of aliphatic hydroxyl groups excluding tert-OH is 1. The molecule has 1 atom stereocenters. The number of carbonyl (C=O) groups excluding carboxylic acids is 2. The van der Waals surface area contributed by atoms with Gasteiger partial charge in [0, 0.05) is 12.8 Å². The van der Waals surface area contributed by atoms with E-state index in [-0.39, 0.29) is 25.2 Å². The van der Waals surface area contributed by atoms with Gasteiger partial charge in [-0.25, -0.2) is 0 Å². The maximum absolute atomic E-state index is 12.1. The number of aliphatic hydroxyl groups is 1. The summed E-state index contributed by atoms with van der Waals surface area (Å²) >= 11 is 0. The van der Waals surface area contributed by atoms with Gasteiger partial charge in [0.05, 0.1) is 6.61 Å². The highest BCUT2D eigenvalue weighted by atomic mass is 16.6. The van der Waals surface area contributed by atoms with Crippen LogP contribution in [0.5, 0.6) is 0 Å². The molecule has 0 aliphatic carbocycles. The largest absolute Gasteiger partial charge is 0.462 e. The van der Waals surface area contributed by atoms with Gasteiger partial charge in [-0.15, -0.1) is 0 Å². The van der Waals surface area contributed by atoms with Gasteiger partial charge in [-0.1, -0.05) is 154 Å². The Morgan fingerprint density at radius 1 is 0.524 bits per heavy atom. The molecule has 0 aliphatic rings. The summed E-state index contributed by atoms with van der Waals surface area (Å²) in [6.07, 6.45) is 36.9. The van der Waals surface area contributed by atoms with Crippen molar-refractivity contribution in [3.05, 3.63) is 12.2 Å². The Morgan fingerprint density at radius 2 is 0.881 bits per heavy atom. The van der Waals surface area contributed by atoms with Crippen molar-refractivity contribution < 1.29 is 24.2 Å². The first-order chi connectivity index (χ1) is 20.6. The average Bonchev–Trinajstić information content (AvgIpc) is 2.99. The standard InChI is InChI=1S/C37H70O5/c1-3-5-7-9-11-13-15-17-18-20-21-23-25-27-29-31-36(39)41-34-35(33-38)42-37(40)32-30-28-26-24-22-19-16-14-12-10-8-6-4-2/h17-18,35,38H,3-16,19-34H2,1-2H3/t35-/m0/s1. The van der Waals surface area contributed by atoms with Crippen molar-refractivity contribution in [2.45, 2.75) is 200 Å². The van der Waals surface area contributed by atoms with E-state index in [1.54, 1.807) is 0 Å². The summed E-state index contributed by atoms with van der Waals surface area (Å²) in [4.78, 5) is 24.1. The van der Waals surface area contributed by atoms with Crippen molar-refractivity contribution in [3.63, 3.8) is 0 Å². The van der Waals surface area contributed by atoms with Gasteiger partial charge in [0.1, 0.15) is 6.61 Å². The Balaban J connectivity index is 3.55. The molecule has 0 saturated carbocycles. The summed E-state index contributed by atoms with van der Waals surface area (Å²) in [6, 6.07) is 0. The lowest BCUT2D eigenvalue weighted by Gasteiger charge is -2.15. The Bertz CT molecular complexity index is 603. The first-order valence-electron chi connectivity index (χ1n) is 18.2. The number of carbonyl (C=O) groups is 2. The molecule has 5 heteroatoms. The Labute approximate surface area is 261 Å². The van der Waals surface area contributed by atoms with Crippen LogP contribution in [0.25, 0.3) is 0 Å². The van der Waals surface area contributed by atoms with Crippen molar-refractivity contribution in [1.82, 2.24) is 0 Å². The predicted molar refractivity (Wildman–Crippen MR) is 178 cm³/mol. The second-order valence-corrected chi connectivity index (χ2v) is 12.3. The molecular formula is C37H70O5. The van der Waals surface area contributed by atoms with Gasteiger partial charge < -0.3 is 14.6 Å². The molecule has 0 amide bonds. The molecule has 1 N–H and O–H groups in total. The van der Waals surface area contributed by atoms with E-state index in [1.807, 2.05) is 0 Å². The Morgan fingerprint density at radius 3 is 1.29 bits per heavy atom. The number of rotatable bonds is 33. The molecule has 42 heavy (non-hydrogen) atoms. The quantitative estimate of drug-likeness (QED) is 0.0465. The van der Waals surface area contributed by atoms with Crippen molar-refractivity contribution in [1.29, 1.82) is 0 Å². The van der Waals surface area contributed by atoms with Crippen LogP contribution in [-0.2, 0) is 19.1 Å². The molecule has 0 bridgehead atoms. The molecule has 0 unspecified atom stereocenters. The van der Waals surface area contributed by atoms with Crippen molar-refractivity contribution >= 4 is 11.9 Å². The van der Waals surface area contributed by atoms with E-state index in [0.29, 0.717) is 12.8 Å². The molecule has 0 saturated heterocycles. The molecule has 248 valence electrons. The van der Waals surface area contributed by atoms with Crippen LogP contribution >= 0.6 is 0 Å². The summed E-state index contributed by atoms with van der Waals surface area (Å²) in [5.74, 6) is -0.593. The van der Waals surface area contributed by atoms with E-state index in [0.717, 1.165) is 44.9 Å². The molecule has 0 aliphatic heterocycles. The summed E-state index contributed by atoms with van der Waals surface area (Å²) < 4.78 is 10.6. The molecule has 0 aromatic rings. The van der Waals surface area contributed by atoms with E-state index in [9.17, 15) is 14.7 Å². The van der Waals surface area contributed by atoms with Crippen LogP contribution in [-0.4, -0.2) is 36.4 Å². The number of ether oxygens (including phenoxy) is 2. The molecule has 5 nitrogen and oxygen atoms in total. The summed E-state index contributed by atoms with van der Waals surface area (Å²) in [5.41, 5.74) is 0. The maximum Gasteiger partial charge on any atom is 0.306 e. The normalized spacial score (nSPS) is 12.2. The van der Waals surface area contributed by atoms with Gasteiger partial charge in [0.15, 0.2) is 6.10 Å². The summed E-state index contributed by atoms with van der Waals surface area (Å²) in [5, 5.41) is 9.52. The minimum Gasteiger partial charge on any atom is -0.462 e.